The number of hydrogen-bond acceptors (Lipinski definition) is 4. The zero-order valence-corrected chi connectivity index (χ0v) is 15.2. The minimum Gasteiger partial charge on any atom is -0.389 e. The van der Waals surface area contributed by atoms with Gasteiger partial charge < -0.3 is 19.5 Å². The number of aryl methyl sites for hydroxylation is 2. The first-order valence-corrected chi connectivity index (χ1v) is 9.40. The number of carbonyl (C=O) groups is 1. The number of amides is 1. The molecule has 2 aromatic rings. The summed E-state index contributed by atoms with van der Waals surface area (Å²) in [6.07, 6.45) is 4.97. The molecule has 1 aliphatic carbocycles. The van der Waals surface area contributed by atoms with Crippen molar-refractivity contribution < 1.29 is 9.53 Å². The van der Waals surface area contributed by atoms with Crippen LogP contribution < -0.4 is 10.1 Å². The Balaban J connectivity index is 1.35. The van der Waals surface area contributed by atoms with Gasteiger partial charge in [0.1, 0.15) is 0 Å². The van der Waals surface area contributed by atoms with Gasteiger partial charge >= 0.3 is 6.09 Å². The van der Waals surface area contributed by atoms with Crippen LogP contribution in [-0.2, 0) is 13.5 Å². The molecule has 0 bridgehead atoms. The molecule has 0 radical (unpaired) electrons. The molecule has 4 rings (SSSR count). The molecule has 1 aliphatic heterocycles. The Morgan fingerprint density at radius 1 is 1.31 bits per heavy atom. The van der Waals surface area contributed by atoms with Crippen molar-refractivity contribution in [2.75, 3.05) is 26.2 Å². The third-order valence-corrected chi connectivity index (χ3v) is 5.57. The first-order valence-electron chi connectivity index (χ1n) is 9.40. The summed E-state index contributed by atoms with van der Waals surface area (Å²) in [6.45, 7) is 3.67. The minimum absolute atomic E-state index is 0.283. The molecule has 1 amide bonds. The highest BCUT2D eigenvalue weighted by molar-refractivity contribution is 5.70. The Labute approximate surface area is 154 Å². The Morgan fingerprint density at radius 3 is 2.77 bits per heavy atom. The lowest BCUT2D eigenvalue weighted by atomic mass is 10.1. The molecule has 0 spiro atoms. The van der Waals surface area contributed by atoms with Crippen LogP contribution in [0.4, 0.5) is 4.79 Å². The number of aromatic nitrogens is 2. The van der Waals surface area contributed by atoms with Crippen LogP contribution in [0.15, 0.2) is 42.9 Å². The molecular formula is C20H26N4O2. The summed E-state index contributed by atoms with van der Waals surface area (Å²) < 4.78 is 7.27. The average molecular weight is 354 g/mol. The number of carbonyl (C=O) groups excluding carboxylic acids is 1. The van der Waals surface area contributed by atoms with Crippen molar-refractivity contribution in [1.29, 1.82) is 0 Å². The summed E-state index contributed by atoms with van der Waals surface area (Å²) in [5.74, 6) is 2.44. The van der Waals surface area contributed by atoms with Gasteiger partial charge in [0.05, 0.1) is 12.5 Å². The fourth-order valence-electron chi connectivity index (χ4n) is 4.04. The molecule has 1 saturated carbocycles. The van der Waals surface area contributed by atoms with Crippen molar-refractivity contribution in [3.05, 3.63) is 48.4 Å². The van der Waals surface area contributed by atoms with Crippen LogP contribution in [0.2, 0.25) is 0 Å². The fraction of sp³-hybridized carbons (Fsp3) is 0.500. The zero-order valence-electron chi connectivity index (χ0n) is 15.2. The Morgan fingerprint density at radius 2 is 2.08 bits per heavy atom. The van der Waals surface area contributed by atoms with E-state index in [0.29, 0.717) is 18.3 Å². The van der Waals surface area contributed by atoms with E-state index in [-0.39, 0.29) is 6.09 Å². The van der Waals surface area contributed by atoms with E-state index in [1.807, 2.05) is 18.0 Å². The maximum atomic E-state index is 12.7. The van der Waals surface area contributed by atoms with Crippen LogP contribution in [0.25, 0.3) is 0 Å². The lowest BCUT2D eigenvalue weighted by Gasteiger charge is -2.22. The summed E-state index contributed by atoms with van der Waals surface area (Å²) >= 11 is 0. The number of rotatable bonds is 7. The molecule has 1 aromatic carbocycles. The van der Waals surface area contributed by atoms with Crippen molar-refractivity contribution >= 4 is 6.09 Å². The highest BCUT2D eigenvalue weighted by atomic mass is 16.6. The predicted molar refractivity (Wildman–Crippen MR) is 98.9 cm³/mol. The summed E-state index contributed by atoms with van der Waals surface area (Å²) in [5, 5.41) is 3.41. The van der Waals surface area contributed by atoms with E-state index in [1.54, 1.807) is 17.1 Å². The van der Waals surface area contributed by atoms with Crippen molar-refractivity contribution in [2.45, 2.75) is 12.8 Å². The number of benzene rings is 1. The quantitative estimate of drug-likeness (QED) is 0.829. The maximum Gasteiger partial charge on any atom is 0.416 e. The fourth-order valence-corrected chi connectivity index (χ4v) is 4.04. The van der Waals surface area contributed by atoms with Crippen LogP contribution in [0.1, 0.15) is 12.0 Å². The minimum atomic E-state index is -0.283. The molecule has 1 saturated heterocycles. The molecule has 2 atom stereocenters. The predicted octanol–water partition coefficient (Wildman–Crippen LogP) is 2.32. The van der Waals surface area contributed by atoms with Gasteiger partial charge in [0.2, 0.25) is 5.88 Å². The largest absolute Gasteiger partial charge is 0.416 e. The first kappa shape index (κ1) is 17.1. The number of ether oxygens (including phenoxy) is 1. The zero-order chi connectivity index (χ0) is 17.9. The van der Waals surface area contributed by atoms with Crippen LogP contribution in [0, 0.1) is 17.8 Å². The molecular weight excluding hydrogens is 328 g/mol. The molecule has 2 fully saturated rings. The summed E-state index contributed by atoms with van der Waals surface area (Å²) in [6, 6.07) is 10.4. The molecule has 2 heterocycles. The Bertz CT molecular complexity index is 735. The number of imidazole rings is 1. The number of hydrogen-bond donors (Lipinski definition) is 1. The van der Waals surface area contributed by atoms with Crippen molar-refractivity contribution in [2.24, 2.45) is 24.8 Å². The van der Waals surface area contributed by atoms with E-state index in [1.165, 1.54) is 5.56 Å². The number of piperidine rings is 1. The van der Waals surface area contributed by atoms with Crippen LogP contribution in [0.5, 0.6) is 5.88 Å². The smallest absolute Gasteiger partial charge is 0.389 e. The summed E-state index contributed by atoms with van der Waals surface area (Å²) in [4.78, 5) is 18.7. The molecule has 2 aliphatic rings. The third kappa shape index (κ3) is 3.90. The molecule has 1 aromatic heterocycles. The molecule has 26 heavy (non-hydrogen) atoms. The lowest BCUT2D eigenvalue weighted by Crippen LogP contribution is -2.37. The van der Waals surface area contributed by atoms with Crippen molar-refractivity contribution in [3.8, 4) is 5.88 Å². The van der Waals surface area contributed by atoms with Crippen molar-refractivity contribution in [3.63, 3.8) is 0 Å². The monoisotopic (exact) mass is 354 g/mol. The average Bonchev–Trinajstić information content (AvgIpc) is 2.99. The van der Waals surface area contributed by atoms with E-state index < -0.39 is 0 Å². The number of fused-ring (bicyclic) bond motifs is 1. The van der Waals surface area contributed by atoms with Gasteiger partial charge in [-0.1, -0.05) is 30.3 Å². The standard InChI is InChI=1S/C20H26N4O2/c1-23-13-19(22-14-23)26-20(25)24(12-18-16-10-21-11-17(16)18)9-5-8-15-6-3-2-4-7-15/h2-4,6-7,13-14,16-18,21H,5,8-12H2,1H3. The topological polar surface area (TPSA) is 59.4 Å². The second-order valence-electron chi connectivity index (χ2n) is 7.43. The molecule has 6 nitrogen and oxygen atoms in total. The Hall–Kier alpha value is -2.34. The molecule has 2 unspecified atom stereocenters. The van der Waals surface area contributed by atoms with Crippen LogP contribution in [-0.4, -0.2) is 46.7 Å². The van der Waals surface area contributed by atoms with E-state index in [0.717, 1.165) is 44.3 Å². The highest BCUT2D eigenvalue weighted by Crippen LogP contribution is 2.48. The lowest BCUT2D eigenvalue weighted by molar-refractivity contribution is 0.145. The van der Waals surface area contributed by atoms with Gasteiger partial charge in [-0.2, -0.15) is 0 Å². The van der Waals surface area contributed by atoms with Gasteiger partial charge in [-0.05, 0) is 49.2 Å². The molecule has 138 valence electrons. The van der Waals surface area contributed by atoms with Gasteiger partial charge in [0.15, 0.2) is 0 Å². The van der Waals surface area contributed by atoms with Gasteiger partial charge in [-0.3, -0.25) is 0 Å². The van der Waals surface area contributed by atoms with Gasteiger partial charge in [0, 0.05) is 20.1 Å². The summed E-state index contributed by atoms with van der Waals surface area (Å²) in [7, 11) is 1.86. The van der Waals surface area contributed by atoms with E-state index in [4.69, 9.17) is 4.74 Å². The van der Waals surface area contributed by atoms with Crippen LogP contribution >= 0.6 is 0 Å². The first-order chi connectivity index (χ1) is 12.7. The summed E-state index contributed by atoms with van der Waals surface area (Å²) in [5.41, 5.74) is 1.30. The number of nitrogens with zero attached hydrogens (tertiary/aromatic N) is 3. The van der Waals surface area contributed by atoms with Crippen molar-refractivity contribution in [1.82, 2.24) is 19.8 Å². The SMILES string of the molecule is Cn1cnc(OC(=O)N(CCCc2ccccc2)CC2C3CNCC32)c1. The third-order valence-electron chi connectivity index (χ3n) is 5.57. The highest BCUT2D eigenvalue weighted by Gasteiger charge is 2.53. The van der Waals surface area contributed by atoms with Gasteiger partial charge in [0.25, 0.3) is 0 Å². The number of nitrogens with one attached hydrogen (secondary N) is 1. The van der Waals surface area contributed by atoms with Gasteiger partial charge in [-0.25, -0.2) is 9.78 Å². The second kappa shape index (κ2) is 7.50. The molecule has 6 heteroatoms. The van der Waals surface area contributed by atoms with E-state index in [2.05, 4.69) is 34.6 Å². The normalized spacial score (nSPS) is 23.5. The molecule has 1 N–H and O–H groups in total. The van der Waals surface area contributed by atoms with Crippen LogP contribution in [0.3, 0.4) is 0 Å². The van der Waals surface area contributed by atoms with E-state index in [9.17, 15) is 4.79 Å². The second-order valence-corrected chi connectivity index (χ2v) is 7.43. The van der Waals surface area contributed by atoms with Gasteiger partial charge in [-0.15, -0.1) is 0 Å². The van der Waals surface area contributed by atoms with E-state index >= 15 is 0 Å². The Kier molecular flexibility index (Phi) is 4.93. The maximum absolute atomic E-state index is 12.7.